The van der Waals surface area contributed by atoms with Crippen LogP contribution in [0.5, 0.6) is 11.5 Å². The summed E-state index contributed by atoms with van der Waals surface area (Å²) in [7, 11) is 3.17. The molecule has 0 bridgehead atoms. The number of methoxy groups -OCH3 is 2. The third-order valence-corrected chi connectivity index (χ3v) is 5.06. The molecule has 2 aromatic carbocycles. The fourth-order valence-corrected chi connectivity index (χ4v) is 3.50. The molecule has 0 unspecified atom stereocenters. The van der Waals surface area contributed by atoms with Gasteiger partial charge in [-0.1, -0.05) is 12.1 Å². The fourth-order valence-electron chi connectivity index (χ4n) is 3.50. The number of carbonyl (C=O) groups is 2. The van der Waals surface area contributed by atoms with Crippen molar-refractivity contribution in [3.05, 3.63) is 53.1 Å². The van der Waals surface area contributed by atoms with Gasteiger partial charge in [-0.15, -0.1) is 0 Å². The van der Waals surface area contributed by atoms with Gasteiger partial charge in [0.2, 0.25) is 11.8 Å². The number of hydrogen-bond acceptors (Lipinski definition) is 5. The normalized spacial score (nSPS) is 12.6. The van der Waals surface area contributed by atoms with Gasteiger partial charge in [-0.2, -0.15) is 5.26 Å². The van der Waals surface area contributed by atoms with Gasteiger partial charge in [0.1, 0.15) is 12.6 Å². The lowest BCUT2D eigenvalue weighted by atomic mass is 9.98. The lowest BCUT2D eigenvalue weighted by Crippen LogP contribution is -2.44. The van der Waals surface area contributed by atoms with Crippen molar-refractivity contribution >= 4 is 17.5 Å². The SMILES string of the molecule is COc1cc2c(cc1OC)CN(C(=O)CN(C(C)=O)c1ccccc1C#N)CC2. The molecule has 0 saturated carbocycles. The van der Waals surface area contributed by atoms with Crippen LogP contribution in [-0.4, -0.2) is 44.0 Å². The monoisotopic (exact) mass is 393 g/mol. The highest BCUT2D eigenvalue weighted by Gasteiger charge is 2.26. The Hall–Kier alpha value is -3.53. The minimum atomic E-state index is -0.287. The van der Waals surface area contributed by atoms with Crippen molar-refractivity contribution in [2.75, 3.05) is 32.2 Å². The zero-order valence-corrected chi connectivity index (χ0v) is 16.8. The largest absolute Gasteiger partial charge is 0.493 e. The first-order valence-electron chi connectivity index (χ1n) is 9.27. The molecule has 7 nitrogen and oxygen atoms in total. The molecule has 0 spiro atoms. The average molecular weight is 393 g/mol. The van der Waals surface area contributed by atoms with Crippen LogP contribution in [0.3, 0.4) is 0 Å². The van der Waals surface area contributed by atoms with Gasteiger partial charge in [0.15, 0.2) is 11.5 Å². The van der Waals surface area contributed by atoms with E-state index in [0.29, 0.717) is 42.3 Å². The summed E-state index contributed by atoms with van der Waals surface area (Å²) in [4.78, 5) is 28.2. The Morgan fingerprint density at radius 2 is 1.79 bits per heavy atom. The summed E-state index contributed by atoms with van der Waals surface area (Å²) in [5.41, 5.74) is 2.91. The van der Waals surface area contributed by atoms with Gasteiger partial charge < -0.3 is 19.3 Å². The van der Waals surface area contributed by atoms with Crippen LogP contribution in [0.25, 0.3) is 0 Å². The molecule has 2 amide bonds. The number of hydrogen-bond donors (Lipinski definition) is 0. The maximum Gasteiger partial charge on any atom is 0.242 e. The quantitative estimate of drug-likeness (QED) is 0.780. The van der Waals surface area contributed by atoms with E-state index < -0.39 is 0 Å². The van der Waals surface area contributed by atoms with E-state index in [4.69, 9.17) is 9.47 Å². The first kappa shape index (κ1) is 20.2. The maximum absolute atomic E-state index is 13.0. The molecule has 0 fully saturated rings. The molecule has 3 rings (SSSR count). The molecular formula is C22H23N3O4. The van der Waals surface area contributed by atoms with E-state index in [2.05, 4.69) is 6.07 Å². The summed E-state index contributed by atoms with van der Waals surface area (Å²) < 4.78 is 10.7. The highest BCUT2D eigenvalue weighted by atomic mass is 16.5. The van der Waals surface area contributed by atoms with Gasteiger partial charge in [0, 0.05) is 20.0 Å². The van der Waals surface area contributed by atoms with E-state index in [-0.39, 0.29) is 18.4 Å². The van der Waals surface area contributed by atoms with Crippen LogP contribution >= 0.6 is 0 Å². The molecule has 29 heavy (non-hydrogen) atoms. The fraction of sp³-hybridized carbons (Fsp3) is 0.318. The van der Waals surface area contributed by atoms with Crippen LogP contribution in [0.1, 0.15) is 23.6 Å². The second-order valence-corrected chi connectivity index (χ2v) is 6.78. The topological polar surface area (TPSA) is 82.9 Å². The van der Waals surface area contributed by atoms with Crippen molar-refractivity contribution in [2.24, 2.45) is 0 Å². The molecular weight excluding hydrogens is 370 g/mol. The lowest BCUT2D eigenvalue weighted by molar-refractivity contribution is -0.132. The number of rotatable bonds is 5. The number of anilines is 1. The number of carbonyl (C=O) groups excluding carboxylic acids is 2. The van der Waals surface area contributed by atoms with Crippen LogP contribution in [0.15, 0.2) is 36.4 Å². The third kappa shape index (κ3) is 4.16. The third-order valence-electron chi connectivity index (χ3n) is 5.06. The molecule has 0 radical (unpaired) electrons. The van der Waals surface area contributed by atoms with Gasteiger partial charge in [-0.3, -0.25) is 9.59 Å². The molecule has 1 aliphatic rings. The van der Waals surface area contributed by atoms with Crippen LogP contribution in [-0.2, 0) is 22.6 Å². The summed E-state index contributed by atoms with van der Waals surface area (Å²) >= 11 is 0. The number of amides is 2. The Labute approximate surface area is 170 Å². The minimum absolute atomic E-state index is 0.114. The average Bonchev–Trinajstić information content (AvgIpc) is 2.75. The van der Waals surface area contributed by atoms with E-state index >= 15 is 0 Å². The molecule has 0 saturated heterocycles. The van der Waals surface area contributed by atoms with Crippen molar-refractivity contribution in [2.45, 2.75) is 19.9 Å². The molecule has 1 heterocycles. The number of benzene rings is 2. The Kier molecular flexibility index (Phi) is 6.03. The summed E-state index contributed by atoms with van der Waals surface area (Å²) in [5, 5.41) is 9.33. The second-order valence-electron chi connectivity index (χ2n) is 6.78. The first-order chi connectivity index (χ1) is 14.0. The number of nitrogens with zero attached hydrogens (tertiary/aromatic N) is 3. The summed E-state index contributed by atoms with van der Waals surface area (Å²) in [6.07, 6.45) is 0.691. The number of para-hydroxylation sites is 1. The van der Waals surface area contributed by atoms with Crippen LogP contribution in [0.2, 0.25) is 0 Å². The summed E-state index contributed by atoms with van der Waals surface area (Å²) in [6.45, 7) is 2.26. The summed E-state index contributed by atoms with van der Waals surface area (Å²) in [6, 6.07) is 12.7. The smallest absolute Gasteiger partial charge is 0.242 e. The van der Waals surface area contributed by atoms with Crippen LogP contribution in [0.4, 0.5) is 5.69 Å². The van der Waals surface area contributed by atoms with Crippen molar-refractivity contribution in [3.63, 3.8) is 0 Å². The number of nitriles is 1. The van der Waals surface area contributed by atoms with Crippen molar-refractivity contribution in [3.8, 4) is 17.6 Å². The molecule has 0 aliphatic carbocycles. The van der Waals surface area contributed by atoms with E-state index in [0.717, 1.165) is 11.1 Å². The van der Waals surface area contributed by atoms with E-state index in [1.165, 1.54) is 11.8 Å². The maximum atomic E-state index is 13.0. The molecule has 7 heteroatoms. The Morgan fingerprint density at radius 3 is 2.41 bits per heavy atom. The first-order valence-corrected chi connectivity index (χ1v) is 9.27. The molecule has 0 atom stereocenters. The predicted molar refractivity (Wildman–Crippen MR) is 108 cm³/mol. The van der Waals surface area contributed by atoms with Gasteiger partial charge in [0.25, 0.3) is 0 Å². The van der Waals surface area contributed by atoms with Crippen LogP contribution in [0, 0.1) is 11.3 Å². The zero-order chi connectivity index (χ0) is 21.0. The van der Waals surface area contributed by atoms with Crippen molar-refractivity contribution < 1.29 is 19.1 Å². The highest BCUT2D eigenvalue weighted by molar-refractivity contribution is 5.98. The minimum Gasteiger partial charge on any atom is -0.493 e. The van der Waals surface area contributed by atoms with Gasteiger partial charge in [-0.25, -0.2) is 0 Å². The van der Waals surface area contributed by atoms with Gasteiger partial charge >= 0.3 is 0 Å². The Bertz CT molecular complexity index is 981. The number of ether oxygens (including phenoxy) is 2. The second kappa shape index (κ2) is 8.65. The summed E-state index contributed by atoms with van der Waals surface area (Å²) in [5.74, 6) is 0.828. The van der Waals surface area contributed by atoms with Crippen molar-refractivity contribution in [1.82, 2.24) is 4.90 Å². The molecule has 1 aliphatic heterocycles. The highest BCUT2D eigenvalue weighted by Crippen LogP contribution is 2.33. The predicted octanol–water partition coefficient (Wildman–Crippen LogP) is 2.51. The Morgan fingerprint density at radius 1 is 1.14 bits per heavy atom. The van der Waals surface area contributed by atoms with Crippen molar-refractivity contribution in [1.29, 1.82) is 5.26 Å². The molecule has 0 aromatic heterocycles. The van der Waals surface area contributed by atoms with E-state index in [1.54, 1.807) is 43.4 Å². The molecule has 150 valence electrons. The Balaban J connectivity index is 1.80. The lowest BCUT2D eigenvalue weighted by Gasteiger charge is -2.31. The van der Waals surface area contributed by atoms with E-state index in [1.807, 2.05) is 12.1 Å². The van der Waals surface area contributed by atoms with Gasteiger partial charge in [0.05, 0.1) is 25.5 Å². The molecule has 0 N–H and O–H groups in total. The van der Waals surface area contributed by atoms with E-state index in [9.17, 15) is 14.9 Å². The van der Waals surface area contributed by atoms with Crippen LogP contribution < -0.4 is 14.4 Å². The number of fused-ring (bicyclic) bond motifs is 1. The zero-order valence-electron chi connectivity index (χ0n) is 16.8. The van der Waals surface area contributed by atoms with Gasteiger partial charge in [-0.05, 0) is 41.8 Å². The standard InChI is InChI=1S/C22H23N3O4/c1-15(26)25(19-7-5-4-6-17(19)12-23)14-22(27)24-9-8-16-10-20(28-2)21(29-3)11-18(16)13-24/h4-7,10-11H,8-9,13-14H2,1-3H3. The molecule has 2 aromatic rings.